The van der Waals surface area contributed by atoms with Crippen molar-refractivity contribution in [2.45, 2.75) is 51.0 Å². The summed E-state index contributed by atoms with van der Waals surface area (Å²) in [5, 5.41) is 6.44. The number of aromatic nitrogens is 1. The van der Waals surface area contributed by atoms with E-state index in [4.69, 9.17) is 16.3 Å². The predicted octanol–water partition coefficient (Wildman–Crippen LogP) is 4.10. The van der Waals surface area contributed by atoms with Gasteiger partial charge in [0.05, 0.1) is 18.0 Å². The number of hydrogen-bond donors (Lipinski definition) is 1. The largest absolute Gasteiger partial charge is 0.450 e. The molecule has 2 aliphatic rings. The third-order valence-corrected chi connectivity index (χ3v) is 7.98. The Balaban J connectivity index is 1.23. The van der Waals surface area contributed by atoms with Crippen LogP contribution in [-0.4, -0.2) is 71.5 Å². The van der Waals surface area contributed by atoms with Crippen molar-refractivity contribution in [3.05, 3.63) is 50.9 Å². The van der Waals surface area contributed by atoms with Gasteiger partial charge in [-0.25, -0.2) is 9.78 Å². The highest BCUT2D eigenvalue weighted by molar-refractivity contribution is 7.09. The topological polar surface area (TPSA) is 91.8 Å². The van der Waals surface area contributed by atoms with Crippen LogP contribution in [0.15, 0.2) is 29.6 Å². The highest BCUT2D eigenvalue weighted by atomic mass is 35.5. The Morgan fingerprint density at radius 2 is 1.77 bits per heavy atom. The molecule has 2 fully saturated rings. The molecule has 0 bridgehead atoms. The summed E-state index contributed by atoms with van der Waals surface area (Å²) in [4.78, 5) is 45.5. The van der Waals surface area contributed by atoms with Crippen LogP contribution in [0.25, 0.3) is 0 Å². The number of amides is 3. The number of carbonyl (C=O) groups is 3. The van der Waals surface area contributed by atoms with Crippen molar-refractivity contribution in [2.24, 2.45) is 0 Å². The fourth-order valence-electron chi connectivity index (χ4n) is 4.55. The molecule has 2 aliphatic heterocycles. The minimum absolute atomic E-state index is 0.0192. The Hall–Kier alpha value is -2.65. The van der Waals surface area contributed by atoms with Crippen LogP contribution < -0.4 is 5.32 Å². The molecule has 1 aromatic heterocycles. The third-order valence-electron chi connectivity index (χ3n) is 6.61. The van der Waals surface area contributed by atoms with Gasteiger partial charge in [0.2, 0.25) is 5.91 Å². The smallest absolute Gasteiger partial charge is 0.409 e. The number of hydrogen-bond acceptors (Lipinski definition) is 6. The molecule has 1 N–H and O–H groups in total. The molecule has 10 heteroatoms. The van der Waals surface area contributed by atoms with Crippen molar-refractivity contribution < 1.29 is 19.1 Å². The van der Waals surface area contributed by atoms with E-state index in [1.807, 2.05) is 28.5 Å². The molecule has 0 atom stereocenters. The fourth-order valence-corrected chi connectivity index (χ4v) is 5.73. The first kappa shape index (κ1) is 25.4. The SMILES string of the molecule is CCOC(=O)N1CCC(NC(=O)c2csc(C3CCN(C(=O)Cc4ccccc4Cl)CC3)n2)CC1. The van der Waals surface area contributed by atoms with Crippen LogP contribution >= 0.6 is 22.9 Å². The Labute approximate surface area is 214 Å². The lowest BCUT2D eigenvalue weighted by Crippen LogP contribution is -2.46. The molecular formula is C25H31ClN4O4S. The van der Waals surface area contributed by atoms with Crippen LogP contribution in [0.5, 0.6) is 0 Å². The second-order valence-corrected chi connectivity index (χ2v) is 10.2. The maximum Gasteiger partial charge on any atom is 0.409 e. The molecule has 188 valence electrons. The first-order valence-electron chi connectivity index (χ1n) is 12.1. The van der Waals surface area contributed by atoms with Crippen LogP contribution in [0.1, 0.15) is 59.6 Å². The third kappa shape index (κ3) is 6.52. The van der Waals surface area contributed by atoms with E-state index in [1.165, 1.54) is 11.3 Å². The number of nitrogens with one attached hydrogen (secondary N) is 1. The van der Waals surface area contributed by atoms with Gasteiger partial charge in [0.1, 0.15) is 5.69 Å². The molecule has 8 nitrogen and oxygen atoms in total. The van der Waals surface area contributed by atoms with Gasteiger partial charge in [-0.15, -0.1) is 11.3 Å². The summed E-state index contributed by atoms with van der Waals surface area (Å²) in [5.74, 6) is 0.165. The van der Waals surface area contributed by atoms with E-state index >= 15 is 0 Å². The second-order valence-electron chi connectivity index (χ2n) is 8.93. The zero-order valence-electron chi connectivity index (χ0n) is 19.9. The number of benzene rings is 1. The van der Waals surface area contributed by atoms with Gasteiger partial charge in [-0.2, -0.15) is 0 Å². The van der Waals surface area contributed by atoms with Crippen molar-refractivity contribution in [1.29, 1.82) is 0 Å². The van der Waals surface area contributed by atoms with Crippen LogP contribution in [0, 0.1) is 0 Å². The average Bonchev–Trinajstić information content (AvgIpc) is 3.37. The van der Waals surface area contributed by atoms with E-state index in [1.54, 1.807) is 17.9 Å². The molecule has 0 radical (unpaired) electrons. The number of nitrogens with zero attached hydrogens (tertiary/aromatic N) is 3. The highest BCUT2D eigenvalue weighted by Gasteiger charge is 2.28. The second kappa shape index (κ2) is 11.9. The summed E-state index contributed by atoms with van der Waals surface area (Å²) in [5.41, 5.74) is 1.29. The Morgan fingerprint density at radius 1 is 1.09 bits per heavy atom. The van der Waals surface area contributed by atoms with E-state index < -0.39 is 0 Å². The van der Waals surface area contributed by atoms with Gasteiger partial charge in [0, 0.05) is 48.5 Å². The summed E-state index contributed by atoms with van der Waals surface area (Å²) in [6.07, 6.45) is 3.07. The van der Waals surface area contributed by atoms with Gasteiger partial charge >= 0.3 is 6.09 Å². The number of thiazole rings is 1. The number of carbonyl (C=O) groups excluding carboxylic acids is 3. The lowest BCUT2D eigenvalue weighted by molar-refractivity contribution is -0.131. The first-order chi connectivity index (χ1) is 16.9. The van der Waals surface area contributed by atoms with Crippen molar-refractivity contribution in [3.8, 4) is 0 Å². The summed E-state index contributed by atoms with van der Waals surface area (Å²) in [7, 11) is 0. The van der Waals surface area contributed by atoms with Crippen LogP contribution in [0.2, 0.25) is 5.02 Å². The standard InChI is InChI=1S/C25H31ClN4O4S/c1-2-34-25(33)30-13-9-19(10-14-30)27-23(32)21-16-35-24(28-21)17-7-11-29(12-8-17)22(31)15-18-5-3-4-6-20(18)26/h3-6,16-17,19H,2,7-15H2,1H3,(H,27,32). The molecule has 0 spiro atoms. The Kier molecular flexibility index (Phi) is 8.62. The molecule has 0 aliphatic carbocycles. The van der Waals surface area contributed by atoms with Crippen LogP contribution in [0.4, 0.5) is 4.79 Å². The van der Waals surface area contributed by atoms with Gasteiger partial charge in [-0.1, -0.05) is 29.8 Å². The zero-order chi connectivity index (χ0) is 24.8. The van der Waals surface area contributed by atoms with Crippen molar-refractivity contribution >= 4 is 40.8 Å². The summed E-state index contributed by atoms with van der Waals surface area (Å²) < 4.78 is 5.04. The quantitative estimate of drug-likeness (QED) is 0.621. The molecule has 2 aromatic rings. The minimum Gasteiger partial charge on any atom is -0.450 e. The number of piperidine rings is 2. The molecule has 1 aromatic carbocycles. The zero-order valence-corrected chi connectivity index (χ0v) is 21.4. The summed E-state index contributed by atoms with van der Waals surface area (Å²) in [6.45, 7) is 4.64. The maximum atomic E-state index is 12.7. The van der Waals surface area contributed by atoms with E-state index in [2.05, 4.69) is 10.3 Å². The molecule has 3 heterocycles. The molecule has 3 amide bonds. The fraction of sp³-hybridized carbons (Fsp3) is 0.520. The minimum atomic E-state index is -0.293. The van der Waals surface area contributed by atoms with E-state index in [9.17, 15) is 14.4 Å². The number of halogens is 1. The summed E-state index contributed by atoms with van der Waals surface area (Å²) in [6, 6.07) is 7.46. The molecule has 2 saturated heterocycles. The van der Waals surface area contributed by atoms with E-state index in [0.717, 1.165) is 23.4 Å². The molecule has 35 heavy (non-hydrogen) atoms. The molecule has 0 saturated carbocycles. The molecule has 0 unspecified atom stereocenters. The van der Waals surface area contributed by atoms with Gasteiger partial charge in [0.15, 0.2) is 0 Å². The van der Waals surface area contributed by atoms with E-state index in [-0.39, 0.29) is 29.9 Å². The van der Waals surface area contributed by atoms with Crippen molar-refractivity contribution in [1.82, 2.24) is 20.1 Å². The maximum absolute atomic E-state index is 12.7. The van der Waals surface area contributed by atoms with Crippen LogP contribution in [-0.2, 0) is 16.0 Å². The van der Waals surface area contributed by atoms with Gasteiger partial charge < -0.3 is 19.9 Å². The number of likely N-dealkylation sites (tertiary alicyclic amines) is 2. The molecule has 4 rings (SSSR count). The number of ether oxygens (including phenoxy) is 1. The highest BCUT2D eigenvalue weighted by Crippen LogP contribution is 2.31. The lowest BCUT2D eigenvalue weighted by Gasteiger charge is -2.31. The number of rotatable bonds is 6. The normalized spacial score (nSPS) is 17.3. The van der Waals surface area contributed by atoms with Crippen LogP contribution in [0.3, 0.4) is 0 Å². The van der Waals surface area contributed by atoms with Crippen molar-refractivity contribution in [3.63, 3.8) is 0 Å². The Morgan fingerprint density at radius 3 is 2.46 bits per heavy atom. The lowest BCUT2D eigenvalue weighted by atomic mass is 9.97. The average molecular weight is 519 g/mol. The predicted molar refractivity (Wildman–Crippen MR) is 135 cm³/mol. The van der Waals surface area contributed by atoms with Gasteiger partial charge in [0.25, 0.3) is 5.91 Å². The first-order valence-corrected chi connectivity index (χ1v) is 13.4. The molecular weight excluding hydrogens is 488 g/mol. The monoisotopic (exact) mass is 518 g/mol. The van der Waals surface area contributed by atoms with Crippen molar-refractivity contribution in [2.75, 3.05) is 32.8 Å². The van der Waals surface area contributed by atoms with E-state index in [0.29, 0.717) is 62.8 Å². The van der Waals surface area contributed by atoms with Gasteiger partial charge in [-0.3, -0.25) is 9.59 Å². The van der Waals surface area contributed by atoms with Gasteiger partial charge in [-0.05, 0) is 44.2 Å². The Bertz CT molecular complexity index is 1050. The summed E-state index contributed by atoms with van der Waals surface area (Å²) >= 11 is 7.71.